The highest BCUT2D eigenvalue weighted by molar-refractivity contribution is 5.87. The number of rotatable bonds is 3. The molecule has 1 aromatic carbocycles. The lowest BCUT2D eigenvalue weighted by atomic mass is 9.94. The van der Waals surface area contributed by atoms with Crippen molar-refractivity contribution in [3.05, 3.63) is 29.8 Å². The molecule has 124 valence electrons. The highest BCUT2D eigenvalue weighted by Crippen LogP contribution is 2.35. The molecule has 2 aliphatic rings. The van der Waals surface area contributed by atoms with E-state index in [4.69, 9.17) is 4.74 Å². The van der Waals surface area contributed by atoms with Crippen molar-refractivity contribution < 1.29 is 14.3 Å². The van der Waals surface area contributed by atoms with Crippen molar-refractivity contribution in [1.29, 1.82) is 0 Å². The van der Waals surface area contributed by atoms with Crippen LogP contribution in [0.4, 0.5) is 0 Å². The quantitative estimate of drug-likeness (QED) is 0.859. The van der Waals surface area contributed by atoms with Crippen LogP contribution in [0.5, 0.6) is 5.75 Å². The minimum absolute atomic E-state index is 0.0785. The predicted molar refractivity (Wildman–Crippen MR) is 87.0 cm³/mol. The molecule has 5 heteroatoms. The predicted octanol–water partition coefficient (Wildman–Crippen LogP) is 2.23. The Morgan fingerprint density at radius 2 is 1.91 bits per heavy atom. The number of nitrogens with zero attached hydrogens (tertiary/aromatic N) is 2. The van der Waals surface area contributed by atoms with E-state index in [9.17, 15) is 9.59 Å². The van der Waals surface area contributed by atoms with Crippen LogP contribution in [0, 0.1) is 5.92 Å². The van der Waals surface area contributed by atoms with Crippen LogP contribution in [0.25, 0.3) is 0 Å². The first kappa shape index (κ1) is 15.8. The number of piperidine rings is 1. The van der Waals surface area contributed by atoms with Crippen LogP contribution in [-0.4, -0.2) is 48.9 Å². The van der Waals surface area contributed by atoms with Gasteiger partial charge in [0.25, 0.3) is 0 Å². The lowest BCUT2D eigenvalue weighted by molar-refractivity contribution is -0.145. The molecule has 0 saturated carbocycles. The van der Waals surface area contributed by atoms with Crippen LogP contribution in [0.15, 0.2) is 24.3 Å². The van der Waals surface area contributed by atoms with Crippen molar-refractivity contribution in [3.63, 3.8) is 0 Å². The van der Waals surface area contributed by atoms with E-state index in [2.05, 4.69) is 0 Å². The maximum absolute atomic E-state index is 12.9. The average Bonchev–Trinajstić information content (AvgIpc) is 3.06. The Hall–Kier alpha value is -2.04. The number of benzene rings is 1. The molecule has 0 bridgehead atoms. The molecule has 0 spiro atoms. The number of methoxy groups -OCH3 is 1. The number of hydrogen-bond donors (Lipinski definition) is 0. The summed E-state index contributed by atoms with van der Waals surface area (Å²) in [5.74, 6) is 0.891. The van der Waals surface area contributed by atoms with Gasteiger partial charge in [0.2, 0.25) is 11.8 Å². The Kier molecular flexibility index (Phi) is 4.55. The summed E-state index contributed by atoms with van der Waals surface area (Å²) in [5, 5.41) is 0. The zero-order chi connectivity index (χ0) is 16.4. The van der Waals surface area contributed by atoms with Crippen LogP contribution in [0.1, 0.15) is 37.3 Å². The van der Waals surface area contributed by atoms with Gasteiger partial charge in [0, 0.05) is 32.5 Å². The Morgan fingerprint density at radius 3 is 2.57 bits per heavy atom. The molecule has 0 aromatic heterocycles. The molecule has 0 aliphatic carbocycles. The molecule has 1 aromatic rings. The topological polar surface area (TPSA) is 49.9 Å². The average molecular weight is 316 g/mol. The number of hydrogen-bond acceptors (Lipinski definition) is 3. The van der Waals surface area contributed by atoms with Gasteiger partial charge in [0.1, 0.15) is 5.75 Å². The maximum Gasteiger partial charge on any atom is 0.226 e. The first-order valence-electron chi connectivity index (χ1n) is 8.28. The monoisotopic (exact) mass is 316 g/mol. The Bertz CT molecular complexity index is 584. The third-order valence-electron chi connectivity index (χ3n) is 5.05. The van der Waals surface area contributed by atoms with Gasteiger partial charge in [-0.05, 0) is 37.0 Å². The van der Waals surface area contributed by atoms with E-state index >= 15 is 0 Å². The van der Waals surface area contributed by atoms with E-state index in [1.54, 1.807) is 19.1 Å². The van der Waals surface area contributed by atoms with Crippen molar-refractivity contribution in [2.45, 2.75) is 31.7 Å². The molecule has 23 heavy (non-hydrogen) atoms. The van der Waals surface area contributed by atoms with E-state index in [1.165, 1.54) is 0 Å². The molecule has 0 N–H and O–H groups in total. The van der Waals surface area contributed by atoms with Gasteiger partial charge in [-0.1, -0.05) is 12.1 Å². The van der Waals surface area contributed by atoms with Crippen molar-refractivity contribution in [2.75, 3.05) is 27.2 Å². The van der Waals surface area contributed by atoms with Gasteiger partial charge >= 0.3 is 0 Å². The van der Waals surface area contributed by atoms with Crippen LogP contribution < -0.4 is 4.74 Å². The van der Waals surface area contributed by atoms with E-state index in [-0.39, 0.29) is 23.8 Å². The third-order valence-corrected chi connectivity index (χ3v) is 5.05. The lowest BCUT2D eigenvalue weighted by Crippen LogP contribution is -2.43. The third kappa shape index (κ3) is 3.19. The van der Waals surface area contributed by atoms with Crippen molar-refractivity contribution in [1.82, 2.24) is 9.80 Å². The van der Waals surface area contributed by atoms with Gasteiger partial charge in [-0.3, -0.25) is 9.59 Å². The highest BCUT2D eigenvalue weighted by Gasteiger charge is 2.36. The van der Waals surface area contributed by atoms with Gasteiger partial charge in [-0.25, -0.2) is 0 Å². The van der Waals surface area contributed by atoms with Gasteiger partial charge < -0.3 is 14.5 Å². The molecule has 2 atom stereocenters. The summed E-state index contributed by atoms with van der Waals surface area (Å²) in [4.78, 5) is 28.5. The summed E-state index contributed by atoms with van der Waals surface area (Å²) in [6, 6.07) is 8.08. The number of amides is 2. The van der Waals surface area contributed by atoms with Crippen molar-refractivity contribution in [3.8, 4) is 5.75 Å². The fourth-order valence-corrected chi connectivity index (χ4v) is 3.59. The Labute approximate surface area is 137 Å². The summed E-state index contributed by atoms with van der Waals surface area (Å²) in [5.41, 5.74) is 1.15. The second-order valence-electron chi connectivity index (χ2n) is 6.47. The number of likely N-dealkylation sites (tertiary alicyclic amines) is 2. The normalized spacial score (nSPS) is 24.9. The zero-order valence-electron chi connectivity index (χ0n) is 13.8. The van der Waals surface area contributed by atoms with E-state index in [0.29, 0.717) is 13.0 Å². The molecule has 2 fully saturated rings. The summed E-state index contributed by atoms with van der Waals surface area (Å²) in [7, 11) is 3.45. The van der Waals surface area contributed by atoms with Crippen LogP contribution in [0.2, 0.25) is 0 Å². The SMILES string of the molecule is COc1ccc([C@H]2CCCN2C(=O)[C@H]2CCN(C)C(=O)C2)cc1. The minimum atomic E-state index is -0.155. The fraction of sp³-hybridized carbons (Fsp3) is 0.556. The molecule has 5 nitrogen and oxygen atoms in total. The largest absolute Gasteiger partial charge is 0.497 e. The minimum Gasteiger partial charge on any atom is -0.497 e. The van der Waals surface area contributed by atoms with E-state index < -0.39 is 0 Å². The second-order valence-corrected chi connectivity index (χ2v) is 6.47. The zero-order valence-corrected chi connectivity index (χ0v) is 13.8. The standard InChI is InChI=1S/C18H24N2O3/c1-19-11-9-14(12-17(19)21)18(22)20-10-3-4-16(20)13-5-7-15(23-2)8-6-13/h5-8,14,16H,3-4,9-12H2,1-2H3/t14-,16+/m0/s1. The smallest absolute Gasteiger partial charge is 0.226 e. The molecule has 2 heterocycles. The van der Waals surface area contributed by atoms with Gasteiger partial charge in [-0.15, -0.1) is 0 Å². The summed E-state index contributed by atoms with van der Waals surface area (Å²) >= 11 is 0. The Balaban J connectivity index is 1.73. The van der Waals surface area contributed by atoms with Gasteiger partial charge in [0.05, 0.1) is 13.2 Å². The Morgan fingerprint density at radius 1 is 1.17 bits per heavy atom. The number of carbonyl (C=O) groups excluding carboxylic acids is 2. The second kappa shape index (κ2) is 6.60. The van der Waals surface area contributed by atoms with Gasteiger partial charge in [-0.2, -0.15) is 0 Å². The summed E-state index contributed by atoms with van der Waals surface area (Å²) in [6.45, 7) is 1.46. The molecule has 0 unspecified atom stereocenters. The fourth-order valence-electron chi connectivity index (χ4n) is 3.59. The lowest BCUT2D eigenvalue weighted by Gasteiger charge is -2.33. The van der Waals surface area contributed by atoms with Crippen LogP contribution in [0.3, 0.4) is 0 Å². The van der Waals surface area contributed by atoms with Crippen LogP contribution in [-0.2, 0) is 9.59 Å². The summed E-state index contributed by atoms with van der Waals surface area (Å²) < 4.78 is 5.20. The molecule has 3 rings (SSSR count). The van der Waals surface area contributed by atoms with Gasteiger partial charge in [0.15, 0.2) is 0 Å². The first-order valence-corrected chi connectivity index (χ1v) is 8.28. The van der Waals surface area contributed by atoms with Crippen molar-refractivity contribution in [2.24, 2.45) is 5.92 Å². The number of ether oxygens (including phenoxy) is 1. The van der Waals surface area contributed by atoms with E-state index in [0.717, 1.165) is 37.1 Å². The molecular formula is C18H24N2O3. The summed E-state index contributed by atoms with van der Waals surface area (Å²) in [6.07, 6.45) is 3.12. The molecule has 2 saturated heterocycles. The molecule has 0 radical (unpaired) electrons. The van der Waals surface area contributed by atoms with Crippen molar-refractivity contribution >= 4 is 11.8 Å². The highest BCUT2D eigenvalue weighted by atomic mass is 16.5. The maximum atomic E-state index is 12.9. The molecule has 2 amide bonds. The molecule has 2 aliphatic heterocycles. The molecular weight excluding hydrogens is 292 g/mol. The van der Waals surface area contributed by atoms with E-state index in [1.807, 2.05) is 29.2 Å². The first-order chi connectivity index (χ1) is 11.1. The van der Waals surface area contributed by atoms with Crippen LogP contribution >= 0.6 is 0 Å². The number of carbonyl (C=O) groups is 2.